The summed E-state index contributed by atoms with van der Waals surface area (Å²) in [6.07, 6.45) is 2.91. The Hall–Kier alpha value is -3.49. The van der Waals surface area contributed by atoms with Gasteiger partial charge in [-0.15, -0.1) is 0 Å². The molecule has 9 heteroatoms. The molecule has 28 heavy (non-hydrogen) atoms. The van der Waals surface area contributed by atoms with Crippen LogP contribution in [0.3, 0.4) is 0 Å². The van der Waals surface area contributed by atoms with Gasteiger partial charge in [0.05, 0.1) is 18.9 Å². The van der Waals surface area contributed by atoms with Crippen molar-refractivity contribution in [3.8, 4) is 17.1 Å². The molecular formula is C19H21N3O6. The van der Waals surface area contributed by atoms with E-state index in [2.05, 4.69) is 10.3 Å². The zero-order chi connectivity index (χ0) is 20.5. The first-order valence-electron chi connectivity index (χ1n) is 8.44. The third-order valence-electron chi connectivity index (χ3n) is 3.93. The lowest BCUT2D eigenvalue weighted by atomic mass is 10.1. The van der Waals surface area contributed by atoms with E-state index in [0.717, 1.165) is 0 Å². The molecule has 9 nitrogen and oxygen atoms in total. The van der Waals surface area contributed by atoms with Gasteiger partial charge in [0.15, 0.2) is 17.7 Å². The van der Waals surface area contributed by atoms with Crippen LogP contribution in [-0.4, -0.2) is 48.8 Å². The minimum atomic E-state index is -1.31. The van der Waals surface area contributed by atoms with Gasteiger partial charge in [-0.05, 0) is 12.1 Å². The molecule has 1 saturated heterocycles. The topological polar surface area (TPSA) is 103 Å². The maximum atomic E-state index is 12.4. The van der Waals surface area contributed by atoms with Crippen LogP contribution in [0, 0.1) is 0 Å². The summed E-state index contributed by atoms with van der Waals surface area (Å²) in [7, 11) is 4.91. The third kappa shape index (κ3) is 3.78. The van der Waals surface area contributed by atoms with Gasteiger partial charge in [-0.3, -0.25) is 0 Å². The summed E-state index contributed by atoms with van der Waals surface area (Å²) < 4.78 is 21.1. The van der Waals surface area contributed by atoms with E-state index >= 15 is 0 Å². The van der Waals surface area contributed by atoms with Crippen molar-refractivity contribution in [1.29, 1.82) is 0 Å². The first-order valence-corrected chi connectivity index (χ1v) is 8.44. The lowest BCUT2D eigenvalue weighted by Gasteiger charge is -2.32. The van der Waals surface area contributed by atoms with E-state index in [1.54, 1.807) is 43.4 Å². The van der Waals surface area contributed by atoms with Crippen molar-refractivity contribution in [1.82, 2.24) is 9.88 Å². The van der Waals surface area contributed by atoms with Crippen molar-refractivity contribution in [2.24, 2.45) is 0 Å². The van der Waals surface area contributed by atoms with Crippen LogP contribution in [0.15, 0.2) is 46.6 Å². The number of nitrogens with one attached hydrogen (secondary N) is 1. The second-order valence-electron chi connectivity index (χ2n) is 6.70. The Morgan fingerprint density at radius 1 is 1.18 bits per heavy atom. The number of aromatic nitrogens is 1. The van der Waals surface area contributed by atoms with Gasteiger partial charge in [-0.25, -0.2) is 14.6 Å². The highest BCUT2D eigenvalue weighted by Crippen LogP contribution is 2.33. The molecule has 0 radical (unpaired) electrons. The molecule has 2 aromatic rings. The van der Waals surface area contributed by atoms with E-state index in [4.69, 9.17) is 18.6 Å². The number of carbonyl (C=O) groups is 2. The predicted molar refractivity (Wildman–Crippen MR) is 99.1 cm³/mol. The lowest BCUT2D eigenvalue weighted by molar-refractivity contribution is -0.222. The van der Waals surface area contributed by atoms with Gasteiger partial charge in [-0.2, -0.15) is 0 Å². The molecule has 0 amide bonds. The summed E-state index contributed by atoms with van der Waals surface area (Å²) in [5.74, 6) is -1.52. The van der Waals surface area contributed by atoms with Gasteiger partial charge >= 0.3 is 11.9 Å². The standard InChI is InChI=1S/C19H21N3O6/c1-19(2)27-17(23)15(18(24)28-19)16(22(3)4)21-11-6-7-12(13(8-11)25-5)14-9-20-10-26-14/h6-10,21H,1-5H3. The maximum Gasteiger partial charge on any atom is 0.352 e. The molecular weight excluding hydrogens is 366 g/mol. The number of nitrogens with zero attached hydrogens (tertiary/aromatic N) is 2. The first kappa shape index (κ1) is 19.3. The highest BCUT2D eigenvalue weighted by atomic mass is 16.7. The number of oxazole rings is 1. The van der Waals surface area contributed by atoms with Crippen LogP contribution in [0.1, 0.15) is 13.8 Å². The molecule has 0 saturated carbocycles. The van der Waals surface area contributed by atoms with Gasteiger partial charge in [0.1, 0.15) is 11.6 Å². The lowest BCUT2D eigenvalue weighted by Crippen LogP contribution is -2.44. The Labute approximate surface area is 161 Å². The van der Waals surface area contributed by atoms with Crippen LogP contribution in [0.2, 0.25) is 0 Å². The molecule has 1 aromatic heterocycles. The quantitative estimate of drug-likeness (QED) is 0.470. The fourth-order valence-corrected chi connectivity index (χ4v) is 2.70. The molecule has 2 heterocycles. The summed E-state index contributed by atoms with van der Waals surface area (Å²) in [6.45, 7) is 2.99. The van der Waals surface area contributed by atoms with Gasteiger partial charge in [0.25, 0.3) is 5.79 Å². The van der Waals surface area contributed by atoms with Crippen molar-refractivity contribution < 1.29 is 28.2 Å². The van der Waals surface area contributed by atoms with Crippen molar-refractivity contribution in [3.63, 3.8) is 0 Å². The molecule has 1 aliphatic heterocycles. The fourth-order valence-electron chi connectivity index (χ4n) is 2.70. The van der Waals surface area contributed by atoms with Crippen LogP contribution in [-0.2, 0) is 19.1 Å². The van der Waals surface area contributed by atoms with Crippen molar-refractivity contribution in [2.45, 2.75) is 19.6 Å². The summed E-state index contributed by atoms with van der Waals surface area (Å²) in [4.78, 5) is 30.3. The molecule has 148 valence electrons. The predicted octanol–water partition coefficient (Wildman–Crippen LogP) is 2.37. The largest absolute Gasteiger partial charge is 0.496 e. The molecule has 0 aliphatic carbocycles. The van der Waals surface area contributed by atoms with Gasteiger partial charge in [0.2, 0.25) is 0 Å². The van der Waals surface area contributed by atoms with Crippen molar-refractivity contribution >= 4 is 17.6 Å². The van der Waals surface area contributed by atoms with Gasteiger partial charge in [-0.1, -0.05) is 0 Å². The zero-order valence-electron chi connectivity index (χ0n) is 16.2. The van der Waals surface area contributed by atoms with E-state index < -0.39 is 17.7 Å². The number of rotatable bonds is 5. The third-order valence-corrected chi connectivity index (χ3v) is 3.93. The van der Waals surface area contributed by atoms with Crippen LogP contribution >= 0.6 is 0 Å². The molecule has 0 atom stereocenters. The molecule has 1 aliphatic rings. The Morgan fingerprint density at radius 3 is 2.39 bits per heavy atom. The average molecular weight is 387 g/mol. The number of methoxy groups -OCH3 is 1. The van der Waals surface area contributed by atoms with Crippen LogP contribution in [0.25, 0.3) is 11.3 Å². The number of hydrogen-bond acceptors (Lipinski definition) is 9. The number of carbonyl (C=O) groups excluding carboxylic acids is 2. The van der Waals surface area contributed by atoms with E-state index in [1.165, 1.54) is 27.4 Å². The summed E-state index contributed by atoms with van der Waals surface area (Å²) in [6, 6.07) is 5.25. The maximum absolute atomic E-state index is 12.4. The number of esters is 2. The SMILES string of the molecule is COc1cc(NC(=C2C(=O)OC(C)(C)OC2=O)N(C)C)ccc1-c1cnco1. The van der Waals surface area contributed by atoms with Gasteiger partial charge < -0.3 is 28.8 Å². The van der Waals surface area contributed by atoms with Crippen molar-refractivity contribution in [2.75, 3.05) is 26.5 Å². The molecule has 0 bridgehead atoms. The van der Waals surface area contributed by atoms with Crippen LogP contribution < -0.4 is 10.1 Å². The Morgan fingerprint density at radius 2 is 1.86 bits per heavy atom. The summed E-state index contributed by atoms with van der Waals surface area (Å²) >= 11 is 0. The molecule has 0 unspecified atom stereocenters. The van der Waals surface area contributed by atoms with Gasteiger partial charge in [0, 0.05) is 39.7 Å². The Balaban J connectivity index is 1.98. The number of benzene rings is 1. The molecule has 1 N–H and O–H groups in total. The number of ether oxygens (including phenoxy) is 3. The highest BCUT2D eigenvalue weighted by Gasteiger charge is 2.41. The molecule has 1 fully saturated rings. The second kappa shape index (κ2) is 7.26. The van der Waals surface area contributed by atoms with E-state index in [0.29, 0.717) is 22.8 Å². The van der Waals surface area contributed by atoms with E-state index in [9.17, 15) is 9.59 Å². The van der Waals surface area contributed by atoms with Crippen LogP contribution in [0.5, 0.6) is 5.75 Å². The highest BCUT2D eigenvalue weighted by molar-refractivity contribution is 6.16. The van der Waals surface area contributed by atoms with Crippen LogP contribution in [0.4, 0.5) is 5.69 Å². The normalized spacial score (nSPS) is 15.5. The molecule has 0 spiro atoms. The Kier molecular flexibility index (Phi) is 5.00. The van der Waals surface area contributed by atoms with E-state index in [1.807, 2.05) is 0 Å². The fraction of sp³-hybridized carbons (Fsp3) is 0.316. The number of cyclic esters (lactones) is 2. The average Bonchev–Trinajstić information content (AvgIpc) is 3.13. The minimum absolute atomic E-state index is 0.220. The molecule has 3 rings (SSSR count). The zero-order valence-corrected chi connectivity index (χ0v) is 16.2. The Bertz CT molecular complexity index is 909. The summed E-state index contributed by atoms with van der Waals surface area (Å²) in [5.41, 5.74) is 1.08. The number of hydrogen-bond donors (Lipinski definition) is 1. The first-order chi connectivity index (χ1) is 13.2. The minimum Gasteiger partial charge on any atom is -0.496 e. The number of anilines is 1. The monoisotopic (exact) mass is 387 g/mol. The molecule has 1 aromatic carbocycles. The van der Waals surface area contributed by atoms with E-state index in [-0.39, 0.29) is 11.4 Å². The van der Waals surface area contributed by atoms with Crippen molar-refractivity contribution in [3.05, 3.63) is 42.2 Å². The second-order valence-corrected chi connectivity index (χ2v) is 6.70. The smallest absolute Gasteiger partial charge is 0.352 e. The summed E-state index contributed by atoms with van der Waals surface area (Å²) in [5, 5.41) is 3.06.